The number of aliphatic hydroxyl groups is 1. The minimum atomic E-state index is -0.398. The largest absolute Gasteiger partial charge is 0.394 e. The van der Waals surface area contributed by atoms with Gasteiger partial charge in [-0.3, -0.25) is 4.79 Å². The van der Waals surface area contributed by atoms with E-state index >= 15 is 0 Å². The van der Waals surface area contributed by atoms with Crippen LogP contribution in [0.3, 0.4) is 0 Å². The molecule has 3 nitrogen and oxygen atoms in total. The van der Waals surface area contributed by atoms with Gasteiger partial charge in [0.05, 0.1) is 18.3 Å². The fourth-order valence-electron chi connectivity index (χ4n) is 2.25. The van der Waals surface area contributed by atoms with Gasteiger partial charge < -0.3 is 10.0 Å². The fraction of sp³-hybridized carbons (Fsp3) is 0.417. The van der Waals surface area contributed by atoms with Crippen molar-refractivity contribution < 1.29 is 14.3 Å². The van der Waals surface area contributed by atoms with Crippen LogP contribution in [-0.2, 0) is 0 Å². The predicted molar refractivity (Wildman–Crippen MR) is 59.2 cm³/mol. The molecule has 1 aliphatic rings. The number of nitrogens with zero attached hydrogens (tertiary/aromatic N) is 1. The Labute approximate surface area is 93.5 Å². The van der Waals surface area contributed by atoms with Crippen molar-refractivity contribution in [2.75, 3.05) is 18.1 Å². The summed E-state index contributed by atoms with van der Waals surface area (Å²) >= 11 is 0. The molecule has 1 aromatic rings. The molecule has 0 bridgehead atoms. The fourth-order valence-corrected chi connectivity index (χ4v) is 2.25. The Balaban J connectivity index is 2.42. The zero-order valence-electron chi connectivity index (χ0n) is 8.90. The highest BCUT2D eigenvalue weighted by atomic mass is 19.1. The van der Waals surface area contributed by atoms with Crippen molar-refractivity contribution in [1.29, 1.82) is 0 Å². The van der Waals surface area contributed by atoms with Crippen LogP contribution in [0.2, 0.25) is 0 Å². The van der Waals surface area contributed by atoms with Crippen LogP contribution in [0.15, 0.2) is 18.2 Å². The molecule has 0 saturated carbocycles. The van der Waals surface area contributed by atoms with E-state index < -0.39 is 5.82 Å². The lowest BCUT2D eigenvalue weighted by atomic mass is 10.1. The van der Waals surface area contributed by atoms with E-state index in [-0.39, 0.29) is 12.6 Å². The monoisotopic (exact) mass is 223 g/mol. The lowest BCUT2D eigenvalue weighted by molar-refractivity contribution is 0.112. The smallest absolute Gasteiger partial charge is 0.152 e. The van der Waals surface area contributed by atoms with E-state index in [1.54, 1.807) is 11.0 Å². The van der Waals surface area contributed by atoms with Crippen LogP contribution in [0.4, 0.5) is 10.1 Å². The molecule has 1 fully saturated rings. The van der Waals surface area contributed by atoms with Crippen LogP contribution in [0.25, 0.3) is 0 Å². The van der Waals surface area contributed by atoms with E-state index in [0.29, 0.717) is 24.1 Å². The molecule has 1 aliphatic heterocycles. The van der Waals surface area contributed by atoms with Crippen molar-refractivity contribution >= 4 is 12.0 Å². The Morgan fingerprint density at radius 2 is 2.38 bits per heavy atom. The summed E-state index contributed by atoms with van der Waals surface area (Å²) in [4.78, 5) is 12.7. The van der Waals surface area contributed by atoms with E-state index in [9.17, 15) is 14.3 Å². The standard InChI is InChI=1S/C12H14FNO2/c13-11-5-1-3-9(7-15)12(11)14-6-2-4-10(14)8-16/h1,3,5,7,10,16H,2,4,6,8H2. The van der Waals surface area contributed by atoms with Crippen LogP contribution < -0.4 is 4.90 Å². The minimum absolute atomic E-state index is 0.00731. The topological polar surface area (TPSA) is 40.5 Å². The Morgan fingerprint density at radius 1 is 1.56 bits per heavy atom. The number of carbonyl (C=O) groups excluding carboxylic acids is 1. The van der Waals surface area contributed by atoms with Crippen molar-refractivity contribution in [3.8, 4) is 0 Å². The maximum absolute atomic E-state index is 13.7. The van der Waals surface area contributed by atoms with Gasteiger partial charge >= 0.3 is 0 Å². The number of aliphatic hydroxyl groups excluding tert-OH is 1. The second kappa shape index (κ2) is 4.61. The summed E-state index contributed by atoms with van der Waals surface area (Å²) in [5.41, 5.74) is 0.675. The highest BCUT2D eigenvalue weighted by Crippen LogP contribution is 2.30. The summed E-state index contributed by atoms with van der Waals surface area (Å²) in [5, 5.41) is 9.20. The van der Waals surface area contributed by atoms with Gasteiger partial charge in [0.25, 0.3) is 0 Å². The molecule has 86 valence electrons. The third-order valence-electron chi connectivity index (χ3n) is 3.02. The van der Waals surface area contributed by atoms with Crippen LogP contribution in [0, 0.1) is 5.82 Å². The van der Waals surface area contributed by atoms with Gasteiger partial charge in [-0.15, -0.1) is 0 Å². The quantitative estimate of drug-likeness (QED) is 0.791. The predicted octanol–water partition coefficient (Wildman–Crippen LogP) is 1.60. The van der Waals surface area contributed by atoms with Gasteiger partial charge in [0, 0.05) is 12.1 Å². The summed E-state index contributed by atoms with van der Waals surface area (Å²) in [6.45, 7) is 0.680. The molecule has 1 heterocycles. The van der Waals surface area contributed by atoms with Gasteiger partial charge in [-0.1, -0.05) is 6.07 Å². The van der Waals surface area contributed by atoms with Crippen molar-refractivity contribution in [1.82, 2.24) is 0 Å². The Morgan fingerprint density at radius 3 is 3.06 bits per heavy atom. The normalized spacial score (nSPS) is 20.1. The second-order valence-corrected chi connectivity index (χ2v) is 3.97. The first-order chi connectivity index (χ1) is 7.77. The number of rotatable bonds is 3. The van der Waals surface area contributed by atoms with E-state index in [1.807, 2.05) is 0 Å². The van der Waals surface area contributed by atoms with E-state index in [0.717, 1.165) is 12.8 Å². The summed E-state index contributed by atoms with van der Waals surface area (Å²) in [5.74, 6) is -0.398. The molecule has 1 N–H and O–H groups in total. The SMILES string of the molecule is O=Cc1cccc(F)c1N1CCCC1CO. The summed E-state index contributed by atoms with van der Waals surface area (Å²) in [6.07, 6.45) is 2.41. The first-order valence-electron chi connectivity index (χ1n) is 5.39. The lowest BCUT2D eigenvalue weighted by Crippen LogP contribution is -2.33. The van der Waals surface area contributed by atoms with Crippen molar-refractivity contribution in [2.45, 2.75) is 18.9 Å². The maximum atomic E-state index is 13.7. The van der Waals surface area contributed by atoms with Crippen LogP contribution >= 0.6 is 0 Å². The molecular weight excluding hydrogens is 209 g/mol. The summed E-state index contributed by atoms with van der Waals surface area (Å²) < 4.78 is 13.7. The number of halogens is 1. The first kappa shape index (κ1) is 11.1. The molecule has 0 amide bonds. The molecule has 1 aromatic carbocycles. The maximum Gasteiger partial charge on any atom is 0.152 e. The van der Waals surface area contributed by atoms with Crippen LogP contribution in [0.5, 0.6) is 0 Å². The van der Waals surface area contributed by atoms with Crippen molar-refractivity contribution in [3.05, 3.63) is 29.6 Å². The first-order valence-corrected chi connectivity index (χ1v) is 5.39. The van der Waals surface area contributed by atoms with Crippen molar-refractivity contribution in [3.63, 3.8) is 0 Å². The Hall–Kier alpha value is -1.42. The zero-order valence-corrected chi connectivity index (χ0v) is 8.90. The van der Waals surface area contributed by atoms with Gasteiger partial charge in [0.15, 0.2) is 6.29 Å². The average molecular weight is 223 g/mol. The van der Waals surface area contributed by atoms with E-state index in [1.165, 1.54) is 12.1 Å². The van der Waals surface area contributed by atoms with Crippen molar-refractivity contribution in [2.24, 2.45) is 0 Å². The Kier molecular flexibility index (Phi) is 3.19. The average Bonchev–Trinajstić information content (AvgIpc) is 2.76. The molecular formula is C12H14FNO2. The molecule has 1 saturated heterocycles. The van der Waals surface area contributed by atoms with Gasteiger partial charge in [0.1, 0.15) is 5.82 Å². The highest BCUT2D eigenvalue weighted by molar-refractivity contribution is 5.85. The number of carbonyl (C=O) groups is 1. The number of hydrogen-bond donors (Lipinski definition) is 1. The summed E-state index contributed by atoms with van der Waals surface area (Å²) in [6, 6.07) is 4.38. The third kappa shape index (κ3) is 1.80. The molecule has 16 heavy (non-hydrogen) atoms. The molecule has 1 atom stereocenters. The molecule has 0 aromatic heterocycles. The van der Waals surface area contributed by atoms with Crippen LogP contribution in [-0.4, -0.2) is 30.6 Å². The molecule has 1 unspecified atom stereocenters. The number of para-hydroxylation sites is 1. The number of benzene rings is 1. The molecule has 0 radical (unpaired) electrons. The van der Waals surface area contributed by atoms with Gasteiger partial charge in [-0.2, -0.15) is 0 Å². The molecule has 2 rings (SSSR count). The van der Waals surface area contributed by atoms with E-state index in [4.69, 9.17) is 0 Å². The molecule has 0 aliphatic carbocycles. The molecule has 4 heteroatoms. The third-order valence-corrected chi connectivity index (χ3v) is 3.02. The Bertz CT molecular complexity index is 395. The second-order valence-electron chi connectivity index (χ2n) is 3.97. The van der Waals surface area contributed by atoms with Gasteiger partial charge in [0.2, 0.25) is 0 Å². The van der Waals surface area contributed by atoms with Gasteiger partial charge in [-0.25, -0.2) is 4.39 Å². The minimum Gasteiger partial charge on any atom is -0.394 e. The molecule has 0 spiro atoms. The lowest BCUT2D eigenvalue weighted by Gasteiger charge is -2.26. The zero-order chi connectivity index (χ0) is 11.5. The van der Waals surface area contributed by atoms with Crippen LogP contribution in [0.1, 0.15) is 23.2 Å². The number of aldehydes is 1. The van der Waals surface area contributed by atoms with Gasteiger partial charge in [-0.05, 0) is 25.0 Å². The number of anilines is 1. The van der Waals surface area contributed by atoms with E-state index in [2.05, 4.69) is 0 Å². The highest BCUT2D eigenvalue weighted by Gasteiger charge is 2.27. The number of hydrogen-bond acceptors (Lipinski definition) is 3. The summed E-state index contributed by atoms with van der Waals surface area (Å²) in [7, 11) is 0.